The van der Waals surface area contributed by atoms with Crippen LogP contribution in [0.25, 0.3) is 33.3 Å². The van der Waals surface area contributed by atoms with Gasteiger partial charge >= 0.3 is 0 Å². The molecule has 3 aromatic heterocycles. The van der Waals surface area contributed by atoms with Crippen molar-refractivity contribution in [3.8, 4) is 17.0 Å². The number of methoxy groups -OCH3 is 1. The molecule has 0 unspecified atom stereocenters. The fourth-order valence-electron chi connectivity index (χ4n) is 2.90. The number of nitrogens with one attached hydrogen (secondary N) is 1. The molecule has 1 aromatic carbocycles. The molecule has 3 heterocycles. The minimum absolute atomic E-state index is 0.384. The van der Waals surface area contributed by atoms with E-state index in [1.807, 2.05) is 25.2 Å². The molecule has 0 bridgehead atoms. The molecular weight excluding hydrogens is 290 g/mol. The lowest BCUT2D eigenvalue weighted by Gasteiger charge is -2.01. The van der Waals surface area contributed by atoms with E-state index in [0.717, 1.165) is 44.8 Å². The fraction of sp³-hybridized carbons (Fsp3) is 0.176. The molecule has 0 aliphatic carbocycles. The van der Waals surface area contributed by atoms with E-state index in [0.29, 0.717) is 6.54 Å². The van der Waals surface area contributed by atoms with Crippen LogP contribution < -0.4 is 10.5 Å². The Bertz CT molecular complexity index is 1010. The largest absolute Gasteiger partial charge is 0.497 e. The minimum atomic E-state index is 0.384. The van der Waals surface area contributed by atoms with E-state index in [-0.39, 0.29) is 0 Å². The summed E-state index contributed by atoms with van der Waals surface area (Å²) >= 11 is 0. The summed E-state index contributed by atoms with van der Waals surface area (Å²) in [6.07, 6.45) is 3.80. The Hall–Kier alpha value is -2.86. The van der Waals surface area contributed by atoms with Crippen molar-refractivity contribution < 1.29 is 4.74 Å². The molecular formula is C17H17N5O. The van der Waals surface area contributed by atoms with E-state index in [1.165, 1.54) is 0 Å². The standard InChI is InChI=1S/C17H17N5O/c1-22-9-13(12-5-11(23-2)3-4-16(12)22)14-6-15-17(21-14)19-8-10(7-18)20-15/h3-6,8-9H,7,18H2,1-2H3,(H,19,21). The SMILES string of the molecule is COc1ccc2c(c1)c(-c1cc3nc(CN)cnc3[nH]1)cn2C. The van der Waals surface area contributed by atoms with Crippen molar-refractivity contribution in [2.24, 2.45) is 12.8 Å². The van der Waals surface area contributed by atoms with Gasteiger partial charge in [0.1, 0.15) is 11.3 Å². The molecule has 0 radical (unpaired) electrons. The third-order valence-electron chi connectivity index (χ3n) is 4.08. The first-order valence-corrected chi connectivity index (χ1v) is 7.37. The van der Waals surface area contributed by atoms with Crippen molar-refractivity contribution in [2.45, 2.75) is 6.54 Å². The van der Waals surface area contributed by atoms with Gasteiger partial charge < -0.3 is 20.0 Å². The van der Waals surface area contributed by atoms with E-state index in [4.69, 9.17) is 10.5 Å². The second-order valence-corrected chi connectivity index (χ2v) is 5.52. The molecule has 0 saturated carbocycles. The fourth-order valence-corrected chi connectivity index (χ4v) is 2.90. The summed E-state index contributed by atoms with van der Waals surface area (Å²) in [4.78, 5) is 12.2. The van der Waals surface area contributed by atoms with E-state index in [9.17, 15) is 0 Å². The monoisotopic (exact) mass is 307 g/mol. The normalized spacial score (nSPS) is 11.4. The van der Waals surface area contributed by atoms with Crippen molar-refractivity contribution in [3.63, 3.8) is 0 Å². The predicted molar refractivity (Wildman–Crippen MR) is 90.2 cm³/mol. The van der Waals surface area contributed by atoms with E-state index < -0.39 is 0 Å². The van der Waals surface area contributed by atoms with Crippen LogP contribution in [0.3, 0.4) is 0 Å². The van der Waals surface area contributed by atoms with Gasteiger partial charge in [-0.15, -0.1) is 0 Å². The number of ether oxygens (including phenoxy) is 1. The molecule has 0 fully saturated rings. The average molecular weight is 307 g/mol. The molecule has 4 rings (SSSR count). The molecule has 4 aromatic rings. The number of benzene rings is 1. The van der Waals surface area contributed by atoms with E-state index in [2.05, 4.69) is 31.8 Å². The number of hydrogen-bond donors (Lipinski definition) is 2. The molecule has 0 aliphatic rings. The Morgan fingerprint density at radius 1 is 1.30 bits per heavy atom. The van der Waals surface area contributed by atoms with Gasteiger partial charge in [0, 0.05) is 36.3 Å². The molecule has 116 valence electrons. The van der Waals surface area contributed by atoms with E-state index in [1.54, 1.807) is 13.3 Å². The Labute approximate surface area is 132 Å². The second-order valence-electron chi connectivity index (χ2n) is 5.52. The van der Waals surface area contributed by atoms with Crippen LogP contribution in [0.4, 0.5) is 0 Å². The van der Waals surface area contributed by atoms with Crippen LogP contribution in [-0.2, 0) is 13.6 Å². The summed E-state index contributed by atoms with van der Waals surface area (Å²) in [7, 11) is 3.71. The quantitative estimate of drug-likeness (QED) is 0.609. The highest BCUT2D eigenvalue weighted by Crippen LogP contribution is 2.33. The maximum absolute atomic E-state index is 5.64. The number of aromatic amines is 1. The van der Waals surface area contributed by atoms with Gasteiger partial charge in [0.2, 0.25) is 0 Å². The number of fused-ring (bicyclic) bond motifs is 2. The number of H-pyrrole nitrogens is 1. The summed E-state index contributed by atoms with van der Waals surface area (Å²) in [6, 6.07) is 8.08. The molecule has 0 atom stereocenters. The Morgan fingerprint density at radius 2 is 2.17 bits per heavy atom. The molecule has 6 nitrogen and oxygen atoms in total. The molecule has 6 heteroatoms. The molecule has 0 saturated heterocycles. The van der Waals surface area contributed by atoms with Gasteiger partial charge in [0.25, 0.3) is 0 Å². The zero-order valence-electron chi connectivity index (χ0n) is 13.0. The first-order chi connectivity index (χ1) is 11.2. The zero-order valence-corrected chi connectivity index (χ0v) is 13.0. The summed E-state index contributed by atoms with van der Waals surface area (Å²) in [6.45, 7) is 0.384. The lowest BCUT2D eigenvalue weighted by atomic mass is 10.1. The van der Waals surface area contributed by atoms with Crippen molar-refractivity contribution in [1.82, 2.24) is 19.5 Å². The third-order valence-corrected chi connectivity index (χ3v) is 4.08. The van der Waals surface area contributed by atoms with E-state index >= 15 is 0 Å². The highest BCUT2D eigenvalue weighted by molar-refractivity contribution is 5.98. The van der Waals surface area contributed by atoms with Gasteiger partial charge in [-0.3, -0.25) is 0 Å². The van der Waals surface area contributed by atoms with Crippen LogP contribution in [0.2, 0.25) is 0 Å². The highest BCUT2D eigenvalue weighted by atomic mass is 16.5. The molecule has 0 amide bonds. The topological polar surface area (TPSA) is 81.8 Å². The maximum atomic E-state index is 5.64. The number of rotatable bonds is 3. The molecule has 23 heavy (non-hydrogen) atoms. The maximum Gasteiger partial charge on any atom is 0.156 e. The van der Waals surface area contributed by atoms with Crippen molar-refractivity contribution in [1.29, 1.82) is 0 Å². The van der Waals surface area contributed by atoms with Gasteiger partial charge in [0.05, 0.1) is 24.7 Å². The van der Waals surface area contributed by atoms with Gasteiger partial charge in [0.15, 0.2) is 5.65 Å². The number of nitrogens with zero attached hydrogens (tertiary/aromatic N) is 3. The van der Waals surface area contributed by atoms with Crippen LogP contribution >= 0.6 is 0 Å². The zero-order chi connectivity index (χ0) is 16.0. The number of nitrogens with two attached hydrogens (primary N) is 1. The van der Waals surface area contributed by atoms with Crippen LogP contribution in [-0.4, -0.2) is 26.6 Å². The van der Waals surface area contributed by atoms with Crippen LogP contribution in [0, 0.1) is 0 Å². The molecule has 0 aliphatic heterocycles. The predicted octanol–water partition coefficient (Wildman–Crippen LogP) is 2.58. The van der Waals surface area contributed by atoms with Gasteiger partial charge in [-0.05, 0) is 24.3 Å². The van der Waals surface area contributed by atoms with Crippen molar-refractivity contribution in [3.05, 3.63) is 42.4 Å². The van der Waals surface area contributed by atoms with Crippen LogP contribution in [0.15, 0.2) is 36.7 Å². The number of hydrogen-bond acceptors (Lipinski definition) is 4. The Morgan fingerprint density at radius 3 is 2.96 bits per heavy atom. The van der Waals surface area contributed by atoms with Crippen LogP contribution in [0.5, 0.6) is 5.75 Å². The van der Waals surface area contributed by atoms with Crippen molar-refractivity contribution >= 4 is 22.1 Å². The Kier molecular flexibility index (Phi) is 3.06. The average Bonchev–Trinajstić information content (AvgIpc) is 3.14. The summed E-state index contributed by atoms with van der Waals surface area (Å²) in [5, 5.41) is 1.12. The second kappa shape index (κ2) is 5.10. The summed E-state index contributed by atoms with van der Waals surface area (Å²) in [5.74, 6) is 0.836. The van der Waals surface area contributed by atoms with Crippen LogP contribution in [0.1, 0.15) is 5.69 Å². The Balaban J connectivity index is 1.94. The lowest BCUT2D eigenvalue weighted by Crippen LogP contribution is -1.99. The first-order valence-electron chi connectivity index (χ1n) is 7.37. The first kappa shape index (κ1) is 13.8. The van der Waals surface area contributed by atoms with Gasteiger partial charge in [-0.25, -0.2) is 9.97 Å². The smallest absolute Gasteiger partial charge is 0.156 e. The minimum Gasteiger partial charge on any atom is -0.497 e. The van der Waals surface area contributed by atoms with Gasteiger partial charge in [-0.1, -0.05) is 0 Å². The van der Waals surface area contributed by atoms with Gasteiger partial charge in [-0.2, -0.15) is 0 Å². The molecule has 3 N–H and O–H groups in total. The summed E-state index contributed by atoms with van der Waals surface area (Å²) in [5.41, 5.74) is 11.2. The number of aryl methyl sites for hydroxylation is 1. The van der Waals surface area contributed by atoms with Crippen molar-refractivity contribution in [2.75, 3.05) is 7.11 Å². The lowest BCUT2D eigenvalue weighted by molar-refractivity contribution is 0.415. The molecule has 0 spiro atoms. The summed E-state index contributed by atoms with van der Waals surface area (Å²) < 4.78 is 7.45. The highest BCUT2D eigenvalue weighted by Gasteiger charge is 2.13. The third kappa shape index (κ3) is 2.15. The number of aromatic nitrogens is 4.